The van der Waals surface area contributed by atoms with Crippen molar-refractivity contribution < 1.29 is 19.2 Å². The summed E-state index contributed by atoms with van der Waals surface area (Å²) < 4.78 is 4.94. The lowest BCUT2D eigenvalue weighted by Gasteiger charge is -2.06. The van der Waals surface area contributed by atoms with Crippen LogP contribution in [0, 0.1) is 10.1 Å². The van der Waals surface area contributed by atoms with E-state index in [1.807, 2.05) is 0 Å². The zero-order valence-electron chi connectivity index (χ0n) is 10.7. The average molecular weight is 345 g/mol. The molecular formula is C12H13BrN2O5. The maximum Gasteiger partial charge on any atom is 0.305 e. The van der Waals surface area contributed by atoms with E-state index in [0.717, 1.165) is 0 Å². The lowest BCUT2D eigenvalue weighted by Crippen LogP contribution is -2.25. The van der Waals surface area contributed by atoms with Gasteiger partial charge in [-0.05, 0) is 28.4 Å². The first-order chi connectivity index (χ1) is 9.45. The molecule has 0 fully saturated rings. The number of benzene rings is 1. The highest BCUT2D eigenvalue weighted by Crippen LogP contribution is 2.22. The summed E-state index contributed by atoms with van der Waals surface area (Å²) in [5, 5.41) is 13.2. The monoisotopic (exact) mass is 344 g/mol. The number of carbonyl (C=O) groups excluding carboxylic acids is 2. The summed E-state index contributed by atoms with van der Waals surface area (Å²) in [6.45, 7) is 0.281. The van der Waals surface area contributed by atoms with Crippen molar-refractivity contribution in [3.05, 3.63) is 38.3 Å². The molecule has 1 aromatic carbocycles. The standard InChI is InChI=1S/C12H13BrN2O5/c1-20-11(16)3-2-6-14-12(17)9-7-8(15(18)19)4-5-10(9)13/h4-5,7H,2-3,6H2,1H3,(H,14,17). The Morgan fingerprint density at radius 1 is 1.45 bits per heavy atom. The molecular weight excluding hydrogens is 332 g/mol. The molecule has 20 heavy (non-hydrogen) atoms. The third kappa shape index (κ3) is 4.61. The fourth-order valence-electron chi connectivity index (χ4n) is 1.43. The maximum absolute atomic E-state index is 11.9. The molecule has 0 aliphatic heterocycles. The zero-order valence-corrected chi connectivity index (χ0v) is 12.3. The molecule has 1 rings (SSSR count). The molecule has 1 amide bonds. The SMILES string of the molecule is COC(=O)CCCNC(=O)c1cc([N+](=O)[O-])ccc1Br. The molecule has 0 aliphatic carbocycles. The Hall–Kier alpha value is -1.96. The lowest BCUT2D eigenvalue weighted by atomic mass is 10.2. The molecule has 108 valence electrons. The highest BCUT2D eigenvalue weighted by atomic mass is 79.9. The summed E-state index contributed by atoms with van der Waals surface area (Å²) >= 11 is 3.17. The number of rotatable bonds is 6. The van der Waals surface area contributed by atoms with Crippen LogP contribution in [0.25, 0.3) is 0 Å². The number of hydrogen-bond donors (Lipinski definition) is 1. The third-order valence-electron chi connectivity index (χ3n) is 2.48. The van der Waals surface area contributed by atoms with Gasteiger partial charge < -0.3 is 10.1 Å². The number of esters is 1. The summed E-state index contributed by atoms with van der Waals surface area (Å²) in [6, 6.07) is 3.94. The number of nitrogens with one attached hydrogen (secondary N) is 1. The molecule has 0 bridgehead atoms. The Morgan fingerprint density at radius 3 is 2.75 bits per heavy atom. The highest BCUT2D eigenvalue weighted by Gasteiger charge is 2.15. The van der Waals surface area contributed by atoms with Gasteiger partial charge in [0, 0.05) is 29.6 Å². The molecule has 7 nitrogen and oxygen atoms in total. The number of nitro benzene ring substituents is 1. The van der Waals surface area contributed by atoms with Gasteiger partial charge in [-0.3, -0.25) is 19.7 Å². The quantitative estimate of drug-likeness (QED) is 0.368. The van der Waals surface area contributed by atoms with Crippen LogP contribution in [0.5, 0.6) is 0 Å². The minimum atomic E-state index is -0.569. The fraction of sp³-hybridized carbons (Fsp3) is 0.333. The van der Waals surface area contributed by atoms with Gasteiger partial charge in [-0.1, -0.05) is 0 Å². The summed E-state index contributed by atoms with van der Waals surface area (Å²) in [4.78, 5) is 32.9. The second-order valence-electron chi connectivity index (χ2n) is 3.86. The number of nitro groups is 1. The van der Waals surface area contributed by atoms with E-state index >= 15 is 0 Å². The first kappa shape index (κ1) is 16.1. The predicted octanol–water partition coefficient (Wildman–Crippen LogP) is 2.04. The summed E-state index contributed by atoms with van der Waals surface area (Å²) in [6.07, 6.45) is 0.637. The Balaban J connectivity index is 2.61. The number of carbonyl (C=O) groups is 2. The summed E-state index contributed by atoms with van der Waals surface area (Å²) in [5.41, 5.74) is 0.0187. The van der Waals surface area contributed by atoms with Crippen LogP contribution >= 0.6 is 15.9 Å². The van der Waals surface area contributed by atoms with Crippen molar-refractivity contribution in [2.75, 3.05) is 13.7 Å². The van der Waals surface area contributed by atoms with Gasteiger partial charge in [-0.2, -0.15) is 0 Å². The molecule has 0 aliphatic rings. The molecule has 0 saturated heterocycles. The Bertz CT molecular complexity index is 533. The van der Waals surface area contributed by atoms with Gasteiger partial charge in [0.05, 0.1) is 17.6 Å². The van der Waals surface area contributed by atoms with Crippen LogP contribution in [0.2, 0.25) is 0 Å². The third-order valence-corrected chi connectivity index (χ3v) is 3.17. The van der Waals surface area contributed by atoms with E-state index in [2.05, 4.69) is 26.0 Å². The first-order valence-corrected chi connectivity index (χ1v) is 6.54. The van der Waals surface area contributed by atoms with Crippen molar-refractivity contribution in [3.63, 3.8) is 0 Å². The number of hydrogen-bond acceptors (Lipinski definition) is 5. The minimum Gasteiger partial charge on any atom is -0.469 e. The largest absolute Gasteiger partial charge is 0.469 e. The van der Waals surface area contributed by atoms with Crippen molar-refractivity contribution in [1.82, 2.24) is 5.32 Å². The number of methoxy groups -OCH3 is 1. The number of ether oxygens (including phenoxy) is 1. The average Bonchev–Trinajstić information content (AvgIpc) is 2.43. The van der Waals surface area contributed by atoms with Gasteiger partial charge >= 0.3 is 5.97 Å². The molecule has 1 aromatic rings. The van der Waals surface area contributed by atoms with Crippen molar-refractivity contribution in [3.8, 4) is 0 Å². The van der Waals surface area contributed by atoms with E-state index in [0.29, 0.717) is 10.9 Å². The smallest absolute Gasteiger partial charge is 0.305 e. The predicted molar refractivity (Wildman–Crippen MR) is 74.4 cm³/mol. The number of amides is 1. The van der Waals surface area contributed by atoms with Gasteiger partial charge in [0.25, 0.3) is 11.6 Å². The van der Waals surface area contributed by atoms with Gasteiger partial charge in [-0.25, -0.2) is 0 Å². The Morgan fingerprint density at radius 2 is 2.15 bits per heavy atom. The van der Waals surface area contributed by atoms with Crippen LogP contribution in [0.3, 0.4) is 0 Å². The van der Waals surface area contributed by atoms with E-state index < -0.39 is 10.8 Å². The van der Waals surface area contributed by atoms with E-state index in [1.54, 1.807) is 0 Å². The topological polar surface area (TPSA) is 98.5 Å². The van der Waals surface area contributed by atoms with Gasteiger partial charge in [0.2, 0.25) is 0 Å². The van der Waals surface area contributed by atoms with Crippen molar-refractivity contribution in [2.45, 2.75) is 12.8 Å². The van der Waals surface area contributed by atoms with Gasteiger partial charge in [0.1, 0.15) is 0 Å². The summed E-state index contributed by atoms with van der Waals surface area (Å²) in [5.74, 6) is -0.791. The van der Waals surface area contributed by atoms with Crippen molar-refractivity contribution >= 4 is 33.5 Å². The van der Waals surface area contributed by atoms with E-state index in [-0.39, 0.29) is 30.2 Å². The molecule has 0 atom stereocenters. The second kappa shape index (κ2) is 7.59. The first-order valence-electron chi connectivity index (χ1n) is 5.74. The van der Waals surface area contributed by atoms with Crippen LogP contribution in [0.4, 0.5) is 5.69 Å². The maximum atomic E-state index is 11.9. The zero-order chi connectivity index (χ0) is 15.1. The van der Waals surface area contributed by atoms with Crippen LogP contribution in [-0.4, -0.2) is 30.5 Å². The normalized spacial score (nSPS) is 9.90. The van der Waals surface area contributed by atoms with Crippen molar-refractivity contribution in [1.29, 1.82) is 0 Å². The number of nitrogens with zero attached hydrogens (tertiary/aromatic N) is 1. The molecule has 0 heterocycles. The van der Waals surface area contributed by atoms with Crippen LogP contribution in [-0.2, 0) is 9.53 Å². The van der Waals surface area contributed by atoms with Crippen LogP contribution in [0.15, 0.2) is 22.7 Å². The van der Waals surface area contributed by atoms with Crippen molar-refractivity contribution in [2.24, 2.45) is 0 Å². The molecule has 8 heteroatoms. The van der Waals surface area contributed by atoms with Gasteiger partial charge in [-0.15, -0.1) is 0 Å². The van der Waals surface area contributed by atoms with Crippen LogP contribution < -0.4 is 5.32 Å². The second-order valence-corrected chi connectivity index (χ2v) is 4.71. The number of non-ortho nitro benzene ring substituents is 1. The summed E-state index contributed by atoms with van der Waals surface area (Å²) in [7, 11) is 1.29. The Labute approximate surface area is 123 Å². The molecule has 0 radical (unpaired) electrons. The Kier molecular flexibility index (Phi) is 6.10. The van der Waals surface area contributed by atoms with Crippen LogP contribution in [0.1, 0.15) is 23.2 Å². The lowest BCUT2D eigenvalue weighted by molar-refractivity contribution is -0.384. The van der Waals surface area contributed by atoms with Gasteiger partial charge in [0.15, 0.2) is 0 Å². The fourth-order valence-corrected chi connectivity index (χ4v) is 1.86. The molecule has 0 saturated carbocycles. The number of halogens is 1. The van der Waals surface area contributed by atoms with E-state index in [1.165, 1.54) is 25.3 Å². The minimum absolute atomic E-state index is 0.159. The molecule has 1 N–H and O–H groups in total. The molecule has 0 unspecified atom stereocenters. The molecule has 0 aromatic heterocycles. The molecule has 0 spiro atoms. The van der Waals surface area contributed by atoms with E-state index in [4.69, 9.17) is 0 Å². The van der Waals surface area contributed by atoms with E-state index in [9.17, 15) is 19.7 Å². The highest BCUT2D eigenvalue weighted by molar-refractivity contribution is 9.10.